The number of hydrogen-bond acceptors (Lipinski definition) is 5. The Morgan fingerprint density at radius 2 is 1.75 bits per heavy atom. The zero-order chi connectivity index (χ0) is 17.5. The van der Waals surface area contributed by atoms with E-state index in [1.807, 2.05) is 13.8 Å². The first kappa shape index (κ1) is 18.9. The zero-order valence-electron chi connectivity index (χ0n) is 14.7. The summed E-state index contributed by atoms with van der Waals surface area (Å²) in [4.78, 5) is 28.5. The molecule has 2 rings (SSSR count). The fraction of sp³-hybridized carbons (Fsp3) is 0.647. The summed E-state index contributed by atoms with van der Waals surface area (Å²) in [7, 11) is 2.12. The lowest BCUT2D eigenvalue weighted by Crippen LogP contribution is -2.49. The number of likely N-dealkylation sites (N-methyl/N-ethyl adjacent to an activating group) is 1. The summed E-state index contributed by atoms with van der Waals surface area (Å²) in [6.07, 6.45) is 0. The summed E-state index contributed by atoms with van der Waals surface area (Å²) < 4.78 is 0. The van der Waals surface area contributed by atoms with Crippen LogP contribution >= 0.6 is 11.3 Å². The average molecular weight is 353 g/mol. The Bertz CT molecular complexity index is 525. The number of carbonyl (C=O) groups is 2. The van der Waals surface area contributed by atoms with Gasteiger partial charge in [-0.15, -0.1) is 0 Å². The molecule has 134 valence electrons. The Balaban J connectivity index is 1.91. The van der Waals surface area contributed by atoms with Crippen LogP contribution in [0.25, 0.3) is 0 Å². The van der Waals surface area contributed by atoms with Crippen LogP contribution in [-0.4, -0.2) is 67.9 Å². The summed E-state index contributed by atoms with van der Waals surface area (Å²) >= 11 is 1.66. The van der Waals surface area contributed by atoms with Gasteiger partial charge >= 0.3 is 11.8 Å². The van der Waals surface area contributed by atoms with Crippen LogP contribution in [0.15, 0.2) is 16.8 Å². The Morgan fingerprint density at radius 1 is 1.12 bits per heavy atom. The van der Waals surface area contributed by atoms with E-state index in [0.717, 1.165) is 26.2 Å². The van der Waals surface area contributed by atoms with Crippen LogP contribution in [0.2, 0.25) is 0 Å². The van der Waals surface area contributed by atoms with Crippen molar-refractivity contribution in [2.45, 2.75) is 19.9 Å². The van der Waals surface area contributed by atoms with Crippen molar-refractivity contribution < 1.29 is 9.59 Å². The lowest BCUT2D eigenvalue weighted by Gasteiger charge is -2.37. The second-order valence-corrected chi connectivity index (χ2v) is 7.51. The van der Waals surface area contributed by atoms with Crippen LogP contribution in [0.3, 0.4) is 0 Å². The third-order valence-electron chi connectivity index (χ3n) is 4.24. The molecule has 1 aliphatic heterocycles. The highest BCUT2D eigenvalue weighted by Crippen LogP contribution is 2.23. The van der Waals surface area contributed by atoms with Crippen molar-refractivity contribution in [3.8, 4) is 0 Å². The molecule has 2 N–H and O–H groups in total. The molecule has 0 saturated carbocycles. The summed E-state index contributed by atoms with van der Waals surface area (Å²) in [5.74, 6) is -0.776. The fourth-order valence-corrected chi connectivity index (χ4v) is 3.41. The molecule has 1 aromatic heterocycles. The minimum Gasteiger partial charge on any atom is -0.348 e. The molecule has 2 amide bonds. The minimum atomic E-state index is -0.551. The van der Waals surface area contributed by atoms with Gasteiger partial charge in [0.25, 0.3) is 0 Å². The van der Waals surface area contributed by atoms with Gasteiger partial charge in [-0.05, 0) is 35.4 Å². The topological polar surface area (TPSA) is 64.7 Å². The predicted molar refractivity (Wildman–Crippen MR) is 97.0 cm³/mol. The number of piperazine rings is 1. The van der Waals surface area contributed by atoms with E-state index in [1.165, 1.54) is 5.56 Å². The predicted octanol–water partition coefficient (Wildman–Crippen LogP) is 0.925. The van der Waals surface area contributed by atoms with Crippen molar-refractivity contribution in [2.24, 2.45) is 5.92 Å². The largest absolute Gasteiger partial charge is 0.348 e. The maximum atomic E-state index is 12.0. The monoisotopic (exact) mass is 352 g/mol. The number of hydrogen-bond donors (Lipinski definition) is 2. The van der Waals surface area contributed by atoms with E-state index in [-0.39, 0.29) is 6.04 Å². The zero-order valence-corrected chi connectivity index (χ0v) is 15.6. The number of thiophene rings is 1. The maximum Gasteiger partial charge on any atom is 0.309 e. The second-order valence-electron chi connectivity index (χ2n) is 6.73. The van der Waals surface area contributed by atoms with E-state index in [1.54, 1.807) is 11.3 Å². The molecular weight excluding hydrogens is 324 g/mol. The second kappa shape index (κ2) is 9.15. The summed E-state index contributed by atoms with van der Waals surface area (Å²) in [6, 6.07) is 2.21. The SMILES string of the molecule is CC(C)CNC(=O)C(=O)NC[C@H](c1ccsc1)N1CCN(C)CC1. The highest BCUT2D eigenvalue weighted by atomic mass is 32.1. The molecule has 1 aromatic rings. The van der Waals surface area contributed by atoms with Crippen LogP contribution < -0.4 is 10.6 Å². The maximum absolute atomic E-state index is 12.0. The standard InChI is InChI=1S/C17H28N4O2S/c1-13(2)10-18-16(22)17(23)19-11-15(14-4-9-24-12-14)21-7-5-20(3)6-8-21/h4,9,12-13,15H,5-8,10-11H2,1-3H3,(H,18,22)(H,19,23)/t15-/m1/s1. The van der Waals surface area contributed by atoms with Crippen LogP contribution in [0.4, 0.5) is 0 Å². The summed E-state index contributed by atoms with van der Waals surface area (Å²) in [5, 5.41) is 9.63. The van der Waals surface area contributed by atoms with Crippen LogP contribution in [0.5, 0.6) is 0 Å². The van der Waals surface area contributed by atoms with E-state index in [2.05, 4.69) is 44.3 Å². The van der Waals surface area contributed by atoms with E-state index < -0.39 is 11.8 Å². The van der Waals surface area contributed by atoms with Crippen LogP contribution in [-0.2, 0) is 9.59 Å². The van der Waals surface area contributed by atoms with E-state index in [9.17, 15) is 9.59 Å². The molecule has 0 spiro atoms. The van der Waals surface area contributed by atoms with Crippen molar-refractivity contribution in [3.63, 3.8) is 0 Å². The Morgan fingerprint density at radius 3 is 2.29 bits per heavy atom. The van der Waals surface area contributed by atoms with Gasteiger partial charge in [0.15, 0.2) is 0 Å². The molecule has 0 radical (unpaired) electrons. The number of carbonyl (C=O) groups excluding carboxylic acids is 2. The first-order chi connectivity index (χ1) is 11.5. The van der Waals surface area contributed by atoms with Crippen LogP contribution in [0.1, 0.15) is 25.5 Å². The lowest BCUT2D eigenvalue weighted by molar-refractivity contribution is -0.139. The Kier molecular flexibility index (Phi) is 7.20. The van der Waals surface area contributed by atoms with Gasteiger partial charge in [0.05, 0.1) is 6.04 Å². The number of nitrogens with zero attached hydrogens (tertiary/aromatic N) is 2. The summed E-state index contributed by atoms with van der Waals surface area (Å²) in [5.41, 5.74) is 1.20. The molecule has 1 fully saturated rings. The van der Waals surface area contributed by atoms with Crippen molar-refractivity contribution >= 4 is 23.2 Å². The van der Waals surface area contributed by atoms with Crippen molar-refractivity contribution in [1.29, 1.82) is 0 Å². The van der Waals surface area contributed by atoms with Crippen molar-refractivity contribution in [1.82, 2.24) is 20.4 Å². The fourth-order valence-electron chi connectivity index (χ4n) is 2.70. The molecule has 0 unspecified atom stereocenters. The highest BCUT2D eigenvalue weighted by Gasteiger charge is 2.25. The molecule has 0 aromatic carbocycles. The smallest absolute Gasteiger partial charge is 0.309 e. The summed E-state index contributed by atoms with van der Waals surface area (Å²) in [6.45, 7) is 8.93. The van der Waals surface area contributed by atoms with Gasteiger partial charge in [0.2, 0.25) is 0 Å². The van der Waals surface area contributed by atoms with E-state index in [4.69, 9.17) is 0 Å². The van der Waals surface area contributed by atoms with Gasteiger partial charge in [-0.2, -0.15) is 11.3 Å². The normalized spacial score (nSPS) is 17.7. The molecule has 6 nitrogen and oxygen atoms in total. The highest BCUT2D eigenvalue weighted by molar-refractivity contribution is 7.07. The number of rotatable bonds is 6. The van der Waals surface area contributed by atoms with Gasteiger partial charge in [0.1, 0.15) is 0 Å². The van der Waals surface area contributed by atoms with E-state index in [0.29, 0.717) is 19.0 Å². The molecule has 0 bridgehead atoms. The minimum absolute atomic E-state index is 0.117. The third-order valence-corrected chi connectivity index (χ3v) is 4.94. The van der Waals surface area contributed by atoms with E-state index >= 15 is 0 Å². The van der Waals surface area contributed by atoms with Gasteiger partial charge < -0.3 is 15.5 Å². The lowest BCUT2D eigenvalue weighted by atomic mass is 10.1. The molecule has 2 heterocycles. The Hall–Kier alpha value is -1.44. The van der Waals surface area contributed by atoms with Gasteiger partial charge in [0, 0.05) is 39.3 Å². The Labute approximate surface area is 148 Å². The molecule has 1 atom stereocenters. The average Bonchev–Trinajstić information content (AvgIpc) is 3.08. The number of amides is 2. The van der Waals surface area contributed by atoms with Gasteiger partial charge in [-0.25, -0.2) is 0 Å². The molecule has 1 saturated heterocycles. The van der Waals surface area contributed by atoms with Crippen molar-refractivity contribution in [2.75, 3.05) is 46.3 Å². The molecule has 1 aliphatic rings. The first-order valence-electron chi connectivity index (χ1n) is 8.48. The molecule has 0 aliphatic carbocycles. The van der Waals surface area contributed by atoms with Gasteiger partial charge in [-0.3, -0.25) is 14.5 Å². The molecule has 7 heteroatoms. The quantitative estimate of drug-likeness (QED) is 0.748. The molecular formula is C17H28N4O2S. The van der Waals surface area contributed by atoms with Gasteiger partial charge in [-0.1, -0.05) is 13.8 Å². The molecule has 24 heavy (non-hydrogen) atoms. The van der Waals surface area contributed by atoms with Crippen molar-refractivity contribution in [3.05, 3.63) is 22.4 Å². The third kappa shape index (κ3) is 5.58. The van der Waals surface area contributed by atoms with Crippen LogP contribution in [0, 0.1) is 5.92 Å². The number of nitrogens with one attached hydrogen (secondary N) is 2. The first-order valence-corrected chi connectivity index (χ1v) is 9.42.